The predicted octanol–water partition coefficient (Wildman–Crippen LogP) is 1.32. The summed E-state index contributed by atoms with van der Waals surface area (Å²) in [7, 11) is 0. The molecule has 1 aromatic heterocycles. The number of amides is 1. The van der Waals surface area contributed by atoms with Crippen molar-refractivity contribution in [3.8, 4) is 0 Å². The third-order valence-corrected chi connectivity index (χ3v) is 4.67. The standard InChI is InChI=1S/C18H22N2O4/c1-2-14(12-21)19-7-9-20(10-8-19)17(22)15-11-13-5-3-4-6-16(13)24-18(15)23/h3-6,11,14,21H,2,7-10,12H2,1H3. The summed E-state index contributed by atoms with van der Waals surface area (Å²) in [5, 5.41) is 10.1. The fraction of sp³-hybridized carbons (Fsp3) is 0.444. The Bertz CT molecular complexity index is 774. The van der Waals surface area contributed by atoms with Crippen LogP contribution in [0.1, 0.15) is 23.7 Å². The normalized spacial score (nSPS) is 17.2. The molecule has 1 N–H and O–H groups in total. The molecule has 3 rings (SSSR count). The lowest BCUT2D eigenvalue weighted by molar-refractivity contribution is 0.0469. The number of carbonyl (C=O) groups excluding carboxylic acids is 1. The minimum atomic E-state index is -0.595. The van der Waals surface area contributed by atoms with Crippen LogP contribution in [0.25, 0.3) is 11.0 Å². The number of para-hydroxylation sites is 1. The highest BCUT2D eigenvalue weighted by Gasteiger charge is 2.27. The summed E-state index contributed by atoms with van der Waals surface area (Å²) in [6.07, 6.45) is 0.874. The van der Waals surface area contributed by atoms with Crippen LogP contribution >= 0.6 is 0 Å². The van der Waals surface area contributed by atoms with Crippen molar-refractivity contribution in [2.45, 2.75) is 19.4 Å². The lowest BCUT2D eigenvalue weighted by Gasteiger charge is -2.38. The third kappa shape index (κ3) is 3.20. The molecule has 1 atom stereocenters. The number of aliphatic hydroxyl groups excluding tert-OH is 1. The van der Waals surface area contributed by atoms with Crippen LogP contribution < -0.4 is 5.63 Å². The van der Waals surface area contributed by atoms with Crippen molar-refractivity contribution in [3.05, 3.63) is 46.3 Å². The SMILES string of the molecule is CCC(CO)N1CCN(C(=O)c2cc3ccccc3oc2=O)CC1. The summed E-state index contributed by atoms with van der Waals surface area (Å²) in [5.41, 5.74) is -0.0307. The number of nitrogens with zero attached hydrogens (tertiary/aromatic N) is 2. The number of aliphatic hydroxyl groups is 1. The van der Waals surface area contributed by atoms with E-state index >= 15 is 0 Å². The van der Waals surface area contributed by atoms with Gasteiger partial charge < -0.3 is 14.4 Å². The van der Waals surface area contributed by atoms with Gasteiger partial charge in [-0.1, -0.05) is 25.1 Å². The summed E-state index contributed by atoms with van der Waals surface area (Å²) in [5.74, 6) is -0.286. The molecule has 0 aliphatic carbocycles. The molecule has 1 aromatic carbocycles. The maximum absolute atomic E-state index is 12.7. The molecule has 2 heterocycles. The number of hydrogen-bond acceptors (Lipinski definition) is 5. The van der Waals surface area contributed by atoms with Gasteiger partial charge in [-0.15, -0.1) is 0 Å². The Morgan fingerprint density at radius 2 is 1.96 bits per heavy atom. The summed E-state index contributed by atoms with van der Waals surface area (Å²) in [4.78, 5) is 28.7. The van der Waals surface area contributed by atoms with Gasteiger partial charge in [0.15, 0.2) is 0 Å². The van der Waals surface area contributed by atoms with Gasteiger partial charge in [0.2, 0.25) is 0 Å². The van der Waals surface area contributed by atoms with E-state index in [1.807, 2.05) is 19.1 Å². The molecule has 1 aliphatic heterocycles. The molecule has 1 aliphatic rings. The molecule has 128 valence electrons. The molecule has 6 nitrogen and oxygen atoms in total. The molecule has 0 radical (unpaired) electrons. The van der Waals surface area contributed by atoms with Gasteiger partial charge in [-0.05, 0) is 18.6 Å². The smallest absolute Gasteiger partial charge is 0.349 e. The first-order valence-corrected chi connectivity index (χ1v) is 8.31. The second-order valence-corrected chi connectivity index (χ2v) is 6.06. The molecular weight excluding hydrogens is 308 g/mol. The van der Waals surface area contributed by atoms with E-state index in [0.717, 1.165) is 11.8 Å². The second kappa shape index (κ2) is 7.15. The van der Waals surface area contributed by atoms with Crippen molar-refractivity contribution in [1.29, 1.82) is 0 Å². The zero-order valence-electron chi connectivity index (χ0n) is 13.8. The lowest BCUT2D eigenvalue weighted by Crippen LogP contribution is -2.53. The highest BCUT2D eigenvalue weighted by Crippen LogP contribution is 2.15. The lowest BCUT2D eigenvalue weighted by atomic mass is 10.1. The first kappa shape index (κ1) is 16.7. The maximum Gasteiger partial charge on any atom is 0.349 e. The highest BCUT2D eigenvalue weighted by molar-refractivity contribution is 5.96. The van der Waals surface area contributed by atoms with Gasteiger partial charge in [0.25, 0.3) is 5.91 Å². The largest absolute Gasteiger partial charge is 0.422 e. The number of hydrogen-bond donors (Lipinski definition) is 1. The van der Waals surface area contributed by atoms with Gasteiger partial charge in [0.1, 0.15) is 11.1 Å². The molecule has 1 amide bonds. The molecule has 6 heteroatoms. The fourth-order valence-corrected chi connectivity index (χ4v) is 3.17. The van der Waals surface area contributed by atoms with Crippen LogP contribution in [-0.4, -0.2) is 59.6 Å². The summed E-state index contributed by atoms with van der Waals surface area (Å²) in [6, 6.07) is 8.90. The van der Waals surface area contributed by atoms with E-state index in [0.29, 0.717) is 31.8 Å². The molecule has 0 spiro atoms. The van der Waals surface area contributed by atoms with Crippen LogP contribution in [0.15, 0.2) is 39.5 Å². The Hall–Kier alpha value is -2.18. The van der Waals surface area contributed by atoms with Crippen LogP contribution in [0.5, 0.6) is 0 Å². The van der Waals surface area contributed by atoms with Crippen LogP contribution in [0.2, 0.25) is 0 Å². The minimum absolute atomic E-state index is 0.0800. The number of fused-ring (bicyclic) bond motifs is 1. The van der Waals surface area contributed by atoms with Gasteiger partial charge in [0.05, 0.1) is 6.61 Å². The molecule has 24 heavy (non-hydrogen) atoms. The van der Waals surface area contributed by atoms with Crippen LogP contribution in [0.4, 0.5) is 0 Å². The minimum Gasteiger partial charge on any atom is -0.422 e. The van der Waals surface area contributed by atoms with E-state index in [9.17, 15) is 14.7 Å². The van der Waals surface area contributed by atoms with Gasteiger partial charge >= 0.3 is 5.63 Å². The van der Waals surface area contributed by atoms with Crippen molar-refractivity contribution in [2.75, 3.05) is 32.8 Å². The Labute approximate surface area is 140 Å². The zero-order chi connectivity index (χ0) is 17.1. The van der Waals surface area contributed by atoms with E-state index in [2.05, 4.69) is 4.90 Å². The second-order valence-electron chi connectivity index (χ2n) is 6.06. The van der Waals surface area contributed by atoms with Crippen molar-refractivity contribution in [1.82, 2.24) is 9.80 Å². The summed E-state index contributed by atoms with van der Waals surface area (Å²) in [6.45, 7) is 4.65. The van der Waals surface area contributed by atoms with E-state index in [1.165, 1.54) is 0 Å². The monoisotopic (exact) mass is 330 g/mol. The van der Waals surface area contributed by atoms with Crippen molar-refractivity contribution in [3.63, 3.8) is 0 Å². The Morgan fingerprint density at radius 1 is 1.25 bits per heavy atom. The topological polar surface area (TPSA) is 74.0 Å². The molecular formula is C18H22N2O4. The van der Waals surface area contributed by atoms with E-state index < -0.39 is 5.63 Å². The Morgan fingerprint density at radius 3 is 2.62 bits per heavy atom. The molecule has 1 saturated heterocycles. The predicted molar refractivity (Wildman–Crippen MR) is 91.1 cm³/mol. The average molecular weight is 330 g/mol. The first-order chi connectivity index (χ1) is 11.6. The van der Waals surface area contributed by atoms with E-state index in [4.69, 9.17) is 4.42 Å². The van der Waals surface area contributed by atoms with Gasteiger partial charge in [-0.2, -0.15) is 0 Å². The summed E-state index contributed by atoms with van der Waals surface area (Å²) < 4.78 is 5.25. The molecule has 0 saturated carbocycles. The number of benzene rings is 1. The Balaban J connectivity index is 1.76. The zero-order valence-corrected chi connectivity index (χ0v) is 13.8. The number of carbonyl (C=O) groups is 1. The van der Waals surface area contributed by atoms with Crippen LogP contribution in [-0.2, 0) is 0 Å². The number of piperazine rings is 1. The van der Waals surface area contributed by atoms with Gasteiger partial charge in [-0.3, -0.25) is 9.69 Å². The average Bonchev–Trinajstić information content (AvgIpc) is 2.62. The molecule has 0 bridgehead atoms. The van der Waals surface area contributed by atoms with Crippen LogP contribution in [0.3, 0.4) is 0 Å². The van der Waals surface area contributed by atoms with Crippen molar-refractivity contribution < 1.29 is 14.3 Å². The fourth-order valence-electron chi connectivity index (χ4n) is 3.17. The highest BCUT2D eigenvalue weighted by atomic mass is 16.4. The maximum atomic E-state index is 12.7. The first-order valence-electron chi connectivity index (χ1n) is 8.31. The third-order valence-electron chi connectivity index (χ3n) is 4.67. The number of rotatable bonds is 4. The molecule has 2 aromatic rings. The van der Waals surface area contributed by atoms with E-state index in [1.54, 1.807) is 23.1 Å². The van der Waals surface area contributed by atoms with Gasteiger partial charge in [0, 0.05) is 37.6 Å². The van der Waals surface area contributed by atoms with Gasteiger partial charge in [-0.25, -0.2) is 4.79 Å². The molecule has 1 unspecified atom stereocenters. The van der Waals surface area contributed by atoms with Crippen molar-refractivity contribution in [2.24, 2.45) is 0 Å². The van der Waals surface area contributed by atoms with Crippen molar-refractivity contribution >= 4 is 16.9 Å². The van der Waals surface area contributed by atoms with Crippen LogP contribution in [0, 0.1) is 0 Å². The quantitative estimate of drug-likeness (QED) is 0.856. The summed E-state index contributed by atoms with van der Waals surface area (Å²) >= 11 is 0. The Kier molecular flexibility index (Phi) is 4.97. The molecule has 1 fully saturated rings. The van der Waals surface area contributed by atoms with E-state index in [-0.39, 0.29) is 24.1 Å².